The van der Waals surface area contributed by atoms with Crippen LogP contribution in [0.1, 0.15) is 16.1 Å². The van der Waals surface area contributed by atoms with E-state index < -0.39 is 0 Å². The summed E-state index contributed by atoms with van der Waals surface area (Å²) in [6, 6.07) is 11.6. The van der Waals surface area contributed by atoms with Crippen LogP contribution in [0.2, 0.25) is 0 Å². The van der Waals surface area contributed by atoms with Crippen molar-refractivity contribution < 1.29 is 9.53 Å². The van der Waals surface area contributed by atoms with Gasteiger partial charge in [-0.2, -0.15) is 10.3 Å². The number of aromatic amines is 2. The molecule has 0 saturated carbocycles. The maximum Gasteiger partial charge on any atom is 0.272 e. The van der Waals surface area contributed by atoms with Gasteiger partial charge in [0, 0.05) is 23.6 Å². The Labute approximate surface area is 154 Å². The van der Waals surface area contributed by atoms with Gasteiger partial charge in [0.05, 0.1) is 19.3 Å². The fraction of sp³-hybridized carbons (Fsp3) is 0.263. The van der Waals surface area contributed by atoms with Gasteiger partial charge in [0.1, 0.15) is 11.2 Å². The van der Waals surface area contributed by atoms with E-state index in [1.165, 1.54) is 10.9 Å². The minimum Gasteiger partial charge on any atom is -0.377 e. The molecule has 8 nitrogen and oxygen atoms in total. The molecule has 0 spiro atoms. The van der Waals surface area contributed by atoms with Crippen molar-refractivity contribution in [3.8, 4) is 0 Å². The van der Waals surface area contributed by atoms with Gasteiger partial charge >= 0.3 is 0 Å². The van der Waals surface area contributed by atoms with Crippen LogP contribution in [0.5, 0.6) is 0 Å². The smallest absolute Gasteiger partial charge is 0.272 e. The maximum absolute atomic E-state index is 13.1. The molecule has 27 heavy (non-hydrogen) atoms. The molecule has 4 heterocycles. The second-order valence-electron chi connectivity index (χ2n) is 6.65. The Morgan fingerprint density at radius 1 is 1.22 bits per heavy atom. The molecule has 0 bridgehead atoms. The number of para-hydroxylation sites is 1. The van der Waals surface area contributed by atoms with E-state index in [0.717, 1.165) is 11.9 Å². The lowest BCUT2D eigenvalue weighted by Crippen LogP contribution is -2.49. The number of hydrogen-bond acceptors (Lipinski definition) is 5. The van der Waals surface area contributed by atoms with Crippen molar-refractivity contribution in [1.82, 2.24) is 30.3 Å². The summed E-state index contributed by atoms with van der Waals surface area (Å²) in [5.74, 6) is -0.104. The van der Waals surface area contributed by atoms with Crippen molar-refractivity contribution in [2.75, 3.05) is 19.8 Å². The number of carbonyl (C=O) groups excluding carboxylic acids is 1. The molecule has 1 unspecified atom stereocenters. The Morgan fingerprint density at radius 3 is 3.11 bits per heavy atom. The van der Waals surface area contributed by atoms with Crippen LogP contribution in [0.3, 0.4) is 0 Å². The summed E-state index contributed by atoms with van der Waals surface area (Å²) < 4.78 is 5.67. The van der Waals surface area contributed by atoms with Gasteiger partial charge in [-0.15, -0.1) is 5.10 Å². The molecule has 3 aromatic heterocycles. The zero-order valence-electron chi connectivity index (χ0n) is 14.6. The monoisotopic (exact) mass is 362 g/mol. The number of benzene rings is 1. The third-order valence-corrected chi connectivity index (χ3v) is 5.02. The summed E-state index contributed by atoms with van der Waals surface area (Å²) in [5, 5.41) is 11.7. The summed E-state index contributed by atoms with van der Waals surface area (Å²) in [4.78, 5) is 22.6. The summed E-state index contributed by atoms with van der Waals surface area (Å²) >= 11 is 0. The quantitative estimate of drug-likeness (QED) is 0.580. The fourth-order valence-corrected chi connectivity index (χ4v) is 3.65. The van der Waals surface area contributed by atoms with Crippen LogP contribution in [0.25, 0.3) is 22.1 Å². The van der Waals surface area contributed by atoms with Gasteiger partial charge in [-0.3, -0.25) is 4.79 Å². The van der Waals surface area contributed by atoms with Crippen LogP contribution in [0.4, 0.5) is 0 Å². The molecule has 1 fully saturated rings. The van der Waals surface area contributed by atoms with Crippen molar-refractivity contribution in [1.29, 1.82) is 0 Å². The number of nitrogens with zero attached hydrogens (tertiary/aromatic N) is 4. The molecule has 1 aliphatic rings. The first kappa shape index (κ1) is 16.0. The van der Waals surface area contributed by atoms with Crippen LogP contribution in [0, 0.1) is 0 Å². The van der Waals surface area contributed by atoms with Gasteiger partial charge in [0.2, 0.25) is 5.65 Å². The van der Waals surface area contributed by atoms with Gasteiger partial charge in [-0.25, -0.2) is 4.98 Å². The molecule has 8 heteroatoms. The molecule has 0 radical (unpaired) electrons. The molecular weight excluding hydrogens is 344 g/mol. The SMILES string of the molecule is O=C(c1ccc2n[nH]nc2n1)N1CCOCC1Cc1c[nH]c2ccccc12. The number of hydrogen-bond donors (Lipinski definition) is 2. The van der Waals surface area contributed by atoms with E-state index in [9.17, 15) is 4.79 Å². The number of amides is 1. The predicted molar refractivity (Wildman–Crippen MR) is 99.3 cm³/mol. The lowest BCUT2D eigenvalue weighted by molar-refractivity contribution is -0.00184. The lowest BCUT2D eigenvalue weighted by Gasteiger charge is -2.35. The van der Waals surface area contributed by atoms with Crippen molar-refractivity contribution in [2.45, 2.75) is 12.5 Å². The molecule has 136 valence electrons. The maximum atomic E-state index is 13.1. The van der Waals surface area contributed by atoms with Gasteiger partial charge in [0.25, 0.3) is 5.91 Å². The Bertz CT molecular complexity index is 1120. The second kappa shape index (κ2) is 6.48. The number of carbonyl (C=O) groups is 1. The highest BCUT2D eigenvalue weighted by atomic mass is 16.5. The number of nitrogens with one attached hydrogen (secondary N) is 2. The minimum absolute atomic E-state index is 0.0414. The second-order valence-corrected chi connectivity index (χ2v) is 6.65. The first-order valence-electron chi connectivity index (χ1n) is 8.91. The summed E-state index contributed by atoms with van der Waals surface area (Å²) in [6.45, 7) is 1.59. The van der Waals surface area contributed by atoms with Crippen LogP contribution >= 0.6 is 0 Å². The summed E-state index contributed by atoms with van der Waals surface area (Å²) in [7, 11) is 0. The Morgan fingerprint density at radius 2 is 2.15 bits per heavy atom. The Kier molecular flexibility index (Phi) is 3.83. The number of morpholine rings is 1. The Balaban J connectivity index is 1.43. The highest BCUT2D eigenvalue weighted by Crippen LogP contribution is 2.23. The van der Waals surface area contributed by atoms with Crippen LogP contribution < -0.4 is 0 Å². The van der Waals surface area contributed by atoms with E-state index in [1.54, 1.807) is 12.1 Å². The number of aromatic nitrogens is 5. The molecule has 5 rings (SSSR count). The first-order chi connectivity index (χ1) is 13.3. The van der Waals surface area contributed by atoms with Crippen molar-refractivity contribution in [2.24, 2.45) is 0 Å². The molecule has 1 saturated heterocycles. The molecule has 4 aromatic rings. The van der Waals surface area contributed by atoms with E-state index in [0.29, 0.717) is 36.6 Å². The number of fused-ring (bicyclic) bond motifs is 2. The molecule has 1 amide bonds. The number of ether oxygens (including phenoxy) is 1. The molecule has 1 aromatic carbocycles. The number of H-pyrrole nitrogens is 2. The lowest BCUT2D eigenvalue weighted by atomic mass is 10.0. The fourth-order valence-electron chi connectivity index (χ4n) is 3.65. The molecule has 2 N–H and O–H groups in total. The van der Waals surface area contributed by atoms with Gasteiger partial charge in [-0.05, 0) is 30.2 Å². The van der Waals surface area contributed by atoms with Crippen molar-refractivity contribution in [3.05, 3.63) is 53.9 Å². The van der Waals surface area contributed by atoms with Gasteiger partial charge in [0.15, 0.2) is 0 Å². The average Bonchev–Trinajstić information content (AvgIpc) is 3.34. The minimum atomic E-state index is -0.104. The summed E-state index contributed by atoms with van der Waals surface area (Å²) in [6.07, 6.45) is 2.74. The van der Waals surface area contributed by atoms with E-state index in [2.05, 4.69) is 37.5 Å². The van der Waals surface area contributed by atoms with E-state index in [-0.39, 0.29) is 11.9 Å². The van der Waals surface area contributed by atoms with E-state index in [4.69, 9.17) is 4.74 Å². The third kappa shape index (κ3) is 2.83. The Hall–Kier alpha value is -3.26. The highest BCUT2D eigenvalue weighted by Gasteiger charge is 2.29. The summed E-state index contributed by atoms with van der Waals surface area (Å²) in [5.41, 5.74) is 3.74. The van der Waals surface area contributed by atoms with E-state index >= 15 is 0 Å². The van der Waals surface area contributed by atoms with Gasteiger partial charge < -0.3 is 14.6 Å². The molecule has 0 aliphatic carbocycles. The molecule has 1 atom stereocenters. The topological polar surface area (TPSA) is 99.8 Å². The zero-order valence-corrected chi connectivity index (χ0v) is 14.6. The number of pyridine rings is 1. The van der Waals surface area contributed by atoms with Crippen molar-refractivity contribution in [3.63, 3.8) is 0 Å². The predicted octanol–water partition coefficient (Wildman–Crippen LogP) is 1.92. The third-order valence-electron chi connectivity index (χ3n) is 5.02. The molecule has 1 aliphatic heterocycles. The first-order valence-corrected chi connectivity index (χ1v) is 8.91. The highest BCUT2D eigenvalue weighted by molar-refractivity contribution is 5.94. The average molecular weight is 362 g/mol. The van der Waals surface area contributed by atoms with Gasteiger partial charge in [-0.1, -0.05) is 18.2 Å². The van der Waals surface area contributed by atoms with E-state index in [1.807, 2.05) is 23.2 Å². The van der Waals surface area contributed by atoms with Crippen molar-refractivity contribution >= 4 is 28.0 Å². The number of rotatable bonds is 3. The zero-order chi connectivity index (χ0) is 18.2. The normalized spacial score (nSPS) is 17.6. The van der Waals surface area contributed by atoms with Crippen LogP contribution in [-0.2, 0) is 11.2 Å². The standard InChI is InChI=1S/C19H18N6O2/c26-19(17-6-5-16-18(21-17)23-24-22-16)25-7-8-27-11-13(25)9-12-10-20-15-4-2-1-3-14(12)15/h1-6,10,13,20H,7-9,11H2,(H,21,22,23,24). The van der Waals surface area contributed by atoms with Crippen LogP contribution in [-0.4, -0.2) is 62.0 Å². The molecular formula is C19H18N6O2. The van der Waals surface area contributed by atoms with Crippen LogP contribution in [0.15, 0.2) is 42.6 Å². The largest absolute Gasteiger partial charge is 0.377 e.